The van der Waals surface area contributed by atoms with Crippen molar-refractivity contribution >= 4 is 43.6 Å². The molecule has 0 fully saturated rings. The van der Waals surface area contributed by atoms with Gasteiger partial charge in [-0.05, 0) is 36.4 Å². The van der Waals surface area contributed by atoms with Gasteiger partial charge in [-0.15, -0.1) is 0 Å². The first-order valence-electron chi connectivity index (χ1n) is 10.2. The molecule has 0 aliphatic carbocycles. The van der Waals surface area contributed by atoms with Gasteiger partial charge in [0.15, 0.2) is 5.41 Å². The minimum atomic E-state index is -4.78. The highest BCUT2D eigenvalue weighted by molar-refractivity contribution is 9.10. The Morgan fingerprint density at radius 1 is 1.14 bits per heavy atom. The smallest absolute Gasteiger partial charge is 0.416 e. The molecule has 9 nitrogen and oxygen atoms in total. The first-order valence-corrected chi connectivity index (χ1v) is 12.5. The molecule has 1 aliphatic heterocycles. The number of anilines is 1. The van der Waals surface area contributed by atoms with Crippen LogP contribution >= 0.6 is 15.9 Å². The van der Waals surface area contributed by atoms with Crippen LogP contribution in [0.5, 0.6) is 5.75 Å². The van der Waals surface area contributed by atoms with Crippen molar-refractivity contribution in [2.75, 3.05) is 31.7 Å². The molecule has 36 heavy (non-hydrogen) atoms. The Morgan fingerprint density at radius 2 is 1.78 bits per heavy atom. The molecule has 0 saturated heterocycles. The number of fused-ring (bicyclic) bond motifs is 1. The van der Waals surface area contributed by atoms with Crippen LogP contribution in [-0.2, 0) is 35.3 Å². The lowest BCUT2D eigenvalue weighted by atomic mass is 9.82. The monoisotopic (exact) mass is 595 g/mol. The summed E-state index contributed by atoms with van der Waals surface area (Å²) in [5.41, 5.74) is -3.37. The lowest BCUT2D eigenvalue weighted by Gasteiger charge is -2.38. The number of hydrogen-bond acceptors (Lipinski definition) is 8. The molecule has 0 radical (unpaired) electrons. The van der Waals surface area contributed by atoms with Crippen molar-refractivity contribution in [1.82, 2.24) is 0 Å². The van der Waals surface area contributed by atoms with Gasteiger partial charge in [0.05, 0.1) is 43.5 Å². The molecule has 1 heterocycles. The van der Waals surface area contributed by atoms with Crippen molar-refractivity contribution in [1.29, 1.82) is 0 Å². The van der Waals surface area contributed by atoms with Gasteiger partial charge in [-0.25, -0.2) is 8.42 Å². The fourth-order valence-electron chi connectivity index (χ4n) is 3.80. The quantitative estimate of drug-likeness (QED) is 0.383. The maximum absolute atomic E-state index is 13.6. The van der Waals surface area contributed by atoms with Gasteiger partial charge < -0.3 is 19.3 Å². The van der Waals surface area contributed by atoms with Crippen molar-refractivity contribution < 1.29 is 50.5 Å². The Balaban J connectivity index is 2.10. The van der Waals surface area contributed by atoms with Gasteiger partial charge in [0.2, 0.25) is 0 Å². The fraction of sp³-hybridized carbons (Fsp3) is 0.364. The molecule has 0 bridgehead atoms. The maximum Gasteiger partial charge on any atom is 0.416 e. The Kier molecular flexibility index (Phi) is 7.91. The molecule has 2 aromatic carbocycles. The molecule has 0 spiro atoms. The van der Waals surface area contributed by atoms with Gasteiger partial charge in [-0.1, -0.05) is 22.0 Å². The van der Waals surface area contributed by atoms with E-state index in [4.69, 9.17) is 4.74 Å². The zero-order chi connectivity index (χ0) is 26.9. The molecule has 2 aromatic rings. The van der Waals surface area contributed by atoms with Gasteiger partial charge >= 0.3 is 18.1 Å². The average molecular weight is 596 g/mol. The third kappa shape index (κ3) is 5.15. The lowest BCUT2D eigenvalue weighted by molar-refractivity contribution is -0.174. The SMILES string of the molecule is COC(=O)C(CO)(CC1CN(S(=O)(=O)c2cccc(C(F)(F)F)c2)c2cc(Br)ccc2O1)C(=O)OC. The fourth-order valence-corrected chi connectivity index (χ4v) is 5.70. The Morgan fingerprint density at radius 3 is 2.33 bits per heavy atom. The van der Waals surface area contributed by atoms with Crippen LogP contribution in [0.15, 0.2) is 51.8 Å². The van der Waals surface area contributed by atoms with E-state index >= 15 is 0 Å². The molecule has 1 unspecified atom stereocenters. The number of sulfonamides is 1. The number of benzene rings is 2. The molecule has 14 heteroatoms. The average Bonchev–Trinajstić information content (AvgIpc) is 2.85. The summed E-state index contributed by atoms with van der Waals surface area (Å²) in [6.45, 7) is -1.53. The number of hydrogen-bond donors (Lipinski definition) is 1. The Labute approximate surface area is 212 Å². The number of carbonyl (C=O) groups is 2. The van der Waals surface area contributed by atoms with Crippen molar-refractivity contribution in [3.05, 3.63) is 52.5 Å². The zero-order valence-electron chi connectivity index (χ0n) is 18.9. The normalized spacial score (nSPS) is 16.1. The topological polar surface area (TPSA) is 119 Å². The van der Waals surface area contributed by atoms with Gasteiger partial charge in [-0.2, -0.15) is 13.2 Å². The summed E-state index contributed by atoms with van der Waals surface area (Å²) >= 11 is 3.23. The van der Waals surface area contributed by atoms with E-state index in [9.17, 15) is 36.3 Å². The number of carbonyl (C=O) groups excluding carboxylic acids is 2. The van der Waals surface area contributed by atoms with Crippen molar-refractivity contribution in [2.24, 2.45) is 5.41 Å². The van der Waals surface area contributed by atoms with Crippen LogP contribution in [0.3, 0.4) is 0 Å². The standard InChI is InChI=1S/C22H21BrF3NO8S/c1-33-19(29)21(12-28,20(30)34-2)10-15-11-27(17-9-14(23)6-7-18(17)35-15)36(31,32)16-5-3-4-13(8-16)22(24,25)26/h3-9,15,28H,10-12H2,1-2H3. The van der Waals surface area contributed by atoms with Crippen molar-refractivity contribution in [3.8, 4) is 5.75 Å². The molecule has 3 rings (SSSR count). The number of aliphatic hydroxyl groups excluding tert-OH is 1. The molecule has 0 amide bonds. The zero-order valence-corrected chi connectivity index (χ0v) is 21.3. The van der Waals surface area contributed by atoms with Gasteiger partial charge in [0.1, 0.15) is 11.9 Å². The lowest BCUT2D eigenvalue weighted by Crippen LogP contribution is -2.51. The third-order valence-corrected chi connectivity index (χ3v) is 7.87. The van der Waals surface area contributed by atoms with Crippen LogP contribution in [0.4, 0.5) is 18.9 Å². The van der Waals surface area contributed by atoms with E-state index in [0.717, 1.165) is 36.7 Å². The molecule has 1 atom stereocenters. The summed E-state index contributed by atoms with van der Waals surface area (Å²) in [5, 5.41) is 9.95. The third-order valence-electron chi connectivity index (χ3n) is 5.60. The number of esters is 2. The van der Waals surface area contributed by atoms with E-state index in [0.29, 0.717) is 10.5 Å². The second-order valence-electron chi connectivity index (χ2n) is 7.84. The van der Waals surface area contributed by atoms with E-state index in [1.165, 1.54) is 18.2 Å². The molecular weight excluding hydrogens is 575 g/mol. The highest BCUT2D eigenvalue weighted by Gasteiger charge is 2.51. The number of ether oxygens (including phenoxy) is 3. The van der Waals surface area contributed by atoms with Crippen LogP contribution in [0, 0.1) is 5.41 Å². The molecule has 0 aromatic heterocycles. The highest BCUT2D eigenvalue weighted by atomic mass is 79.9. The second-order valence-corrected chi connectivity index (χ2v) is 10.6. The summed E-state index contributed by atoms with van der Waals surface area (Å²) in [5.74, 6) is -2.24. The summed E-state index contributed by atoms with van der Waals surface area (Å²) < 4.78 is 83.3. The van der Waals surface area contributed by atoms with E-state index in [1.807, 2.05) is 0 Å². The first kappa shape index (κ1) is 27.7. The first-order chi connectivity index (χ1) is 16.8. The summed E-state index contributed by atoms with van der Waals surface area (Å²) in [6.07, 6.45) is -6.53. The van der Waals surface area contributed by atoms with E-state index in [-0.39, 0.29) is 11.4 Å². The number of methoxy groups -OCH3 is 2. The maximum atomic E-state index is 13.6. The minimum Gasteiger partial charge on any atom is -0.486 e. The van der Waals surface area contributed by atoms with Crippen LogP contribution in [0.25, 0.3) is 0 Å². The minimum absolute atomic E-state index is 0.0174. The van der Waals surface area contributed by atoms with Crippen LogP contribution in [0.1, 0.15) is 12.0 Å². The van der Waals surface area contributed by atoms with Crippen LogP contribution < -0.4 is 9.04 Å². The summed E-state index contributed by atoms with van der Waals surface area (Å²) in [6, 6.07) is 7.60. The number of rotatable bonds is 7. The number of nitrogens with zero attached hydrogens (tertiary/aromatic N) is 1. The van der Waals surface area contributed by atoms with Crippen LogP contribution in [-0.4, -0.2) is 58.9 Å². The molecular formula is C22H21BrF3NO8S. The predicted octanol–water partition coefficient (Wildman–Crippen LogP) is 3.14. The van der Waals surface area contributed by atoms with Crippen LogP contribution in [0.2, 0.25) is 0 Å². The van der Waals surface area contributed by atoms with Gasteiger partial charge in [-0.3, -0.25) is 13.9 Å². The Bertz CT molecular complexity index is 1250. The van der Waals surface area contributed by atoms with Crippen molar-refractivity contribution in [3.63, 3.8) is 0 Å². The van der Waals surface area contributed by atoms with Gasteiger partial charge in [0.25, 0.3) is 10.0 Å². The number of aliphatic hydroxyl groups is 1. The Hall–Kier alpha value is -2.84. The number of alkyl halides is 3. The highest BCUT2D eigenvalue weighted by Crippen LogP contribution is 2.42. The van der Waals surface area contributed by atoms with E-state index < -0.39 is 69.7 Å². The predicted molar refractivity (Wildman–Crippen MR) is 123 cm³/mol. The second kappa shape index (κ2) is 10.3. The van der Waals surface area contributed by atoms with Crippen molar-refractivity contribution in [2.45, 2.75) is 23.6 Å². The largest absolute Gasteiger partial charge is 0.486 e. The van der Waals surface area contributed by atoms with E-state index in [1.54, 1.807) is 0 Å². The number of halogens is 4. The van der Waals surface area contributed by atoms with E-state index in [2.05, 4.69) is 25.4 Å². The molecule has 1 N–H and O–H groups in total. The molecule has 1 aliphatic rings. The summed E-state index contributed by atoms with van der Waals surface area (Å²) in [4.78, 5) is 24.3. The summed E-state index contributed by atoms with van der Waals surface area (Å²) in [7, 11) is -2.59. The molecule has 196 valence electrons. The molecule has 0 saturated carbocycles. The van der Waals surface area contributed by atoms with Gasteiger partial charge in [0, 0.05) is 10.9 Å².